The molecule has 1 aliphatic heterocycles. The molecule has 0 radical (unpaired) electrons. The fourth-order valence-electron chi connectivity index (χ4n) is 1.62. The van der Waals surface area contributed by atoms with Crippen LogP contribution in [0.1, 0.15) is 12.8 Å². The number of anilines is 1. The molecule has 0 spiro atoms. The molecule has 1 fully saturated rings. The van der Waals surface area contributed by atoms with Gasteiger partial charge in [0.05, 0.1) is 6.10 Å². The number of nitrogens with one attached hydrogen (secondary N) is 1. The zero-order valence-electron chi connectivity index (χ0n) is 8.83. The molecule has 0 aliphatic carbocycles. The van der Waals surface area contributed by atoms with Gasteiger partial charge in [-0.2, -0.15) is 0 Å². The number of carbonyl (C=O) groups is 1. The van der Waals surface area contributed by atoms with E-state index in [1.54, 1.807) is 7.05 Å². The van der Waals surface area contributed by atoms with Crippen molar-refractivity contribution >= 4 is 11.9 Å². The molecule has 1 saturated heterocycles. The van der Waals surface area contributed by atoms with Crippen LogP contribution in [0.15, 0.2) is 0 Å². The lowest BCUT2D eigenvalue weighted by Gasteiger charge is -2.11. The summed E-state index contributed by atoms with van der Waals surface area (Å²) in [6.45, 7) is 0.512. The fourth-order valence-corrected chi connectivity index (χ4v) is 1.62. The topological polar surface area (TPSA) is 102 Å². The van der Waals surface area contributed by atoms with E-state index in [1.807, 2.05) is 0 Å². The van der Waals surface area contributed by atoms with Crippen molar-refractivity contribution in [2.24, 2.45) is 7.05 Å². The number of aliphatic carboxylic acids is 1. The summed E-state index contributed by atoms with van der Waals surface area (Å²) < 4.78 is 6.82. The molecule has 88 valence electrons. The fraction of sp³-hybridized carbons (Fsp3) is 0.750. The first kappa shape index (κ1) is 10.8. The van der Waals surface area contributed by atoms with E-state index in [0.29, 0.717) is 18.9 Å². The van der Waals surface area contributed by atoms with Crippen LogP contribution in [0.5, 0.6) is 0 Å². The van der Waals surface area contributed by atoms with E-state index in [-0.39, 0.29) is 6.10 Å². The molecule has 0 amide bonds. The highest BCUT2D eigenvalue weighted by Gasteiger charge is 2.30. The largest absolute Gasteiger partial charge is 0.479 e. The maximum absolute atomic E-state index is 10.7. The lowest BCUT2D eigenvalue weighted by atomic mass is 10.2. The van der Waals surface area contributed by atoms with Crippen molar-refractivity contribution in [2.75, 3.05) is 11.9 Å². The van der Waals surface area contributed by atoms with Gasteiger partial charge in [0, 0.05) is 13.6 Å². The van der Waals surface area contributed by atoms with Crippen LogP contribution in [0.3, 0.4) is 0 Å². The molecule has 2 atom stereocenters. The minimum absolute atomic E-state index is 0.0993. The van der Waals surface area contributed by atoms with E-state index in [0.717, 1.165) is 6.42 Å². The van der Waals surface area contributed by atoms with Crippen molar-refractivity contribution in [1.29, 1.82) is 0 Å². The van der Waals surface area contributed by atoms with Crippen LogP contribution in [0.25, 0.3) is 0 Å². The number of hydrogen-bond acceptors (Lipinski definition) is 6. The first-order valence-electron chi connectivity index (χ1n) is 5.01. The Balaban J connectivity index is 1.80. The van der Waals surface area contributed by atoms with Crippen LogP contribution in [0, 0.1) is 0 Å². The van der Waals surface area contributed by atoms with Gasteiger partial charge in [-0.05, 0) is 23.3 Å². The first-order chi connectivity index (χ1) is 7.66. The zero-order valence-corrected chi connectivity index (χ0v) is 8.83. The number of carboxylic acids is 1. The molecule has 2 N–H and O–H groups in total. The molecule has 2 unspecified atom stereocenters. The van der Waals surface area contributed by atoms with Gasteiger partial charge in [-0.15, -0.1) is 0 Å². The summed E-state index contributed by atoms with van der Waals surface area (Å²) >= 11 is 0. The smallest absolute Gasteiger partial charge is 0.332 e. The standard InChI is InChI=1S/C8H13N5O3/c1-13-8(10-11-12-13)9-4-5-2-3-6(16-5)7(14)15/h5-6H,2-4H2,1H3,(H,14,15)(H,9,10,12). The summed E-state index contributed by atoms with van der Waals surface area (Å²) in [6.07, 6.45) is 0.510. The normalized spacial score (nSPS) is 24.6. The summed E-state index contributed by atoms with van der Waals surface area (Å²) in [5, 5.41) is 22.6. The second-order valence-electron chi connectivity index (χ2n) is 3.67. The van der Waals surface area contributed by atoms with Crippen LogP contribution in [0.2, 0.25) is 0 Å². The van der Waals surface area contributed by atoms with Crippen molar-refractivity contribution in [3.8, 4) is 0 Å². The number of rotatable bonds is 4. The molecular weight excluding hydrogens is 214 g/mol. The van der Waals surface area contributed by atoms with Gasteiger partial charge >= 0.3 is 5.97 Å². The highest BCUT2D eigenvalue weighted by atomic mass is 16.5. The van der Waals surface area contributed by atoms with Gasteiger partial charge < -0.3 is 15.2 Å². The lowest BCUT2D eigenvalue weighted by molar-refractivity contribution is -0.149. The van der Waals surface area contributed by atoms with Crippen LogP contribution < -0.4 is 5.32 Å². The first-order valence-corrected chi connectivity index (χ1v) is 5.01. The number of nitrogens with zero attached hydrogens (tertiary/aromatic N) is 4. The van der Waals surface area contributed by atoms with E-state index >= 15 is 0 Å². The minimum Gasteiger partial charge on any atom is -0.479 e. The van der Waals surface area contributed by atoms with Crippen LogP contribution in [-0.4, -0.2) is 50.0 Å². The average molecular weight is 227 g/mol. The Bertz CT molecular complexity index is 380. The number of hydrogen-bond donors (Lipinski definition) is 2. The van der Waals surface area contributed by atoms with Crippen LogP contribution >= 0.6 is 0 Å². The van der Waals surface area contributed by atoms with Crippen molar-refractivity contribution < 1.29 is 14.6 Å². The summed E-state index contributed by atoms with van der Waals surface area (Å²) in [7, 11) is 1.72. The summed E-state index contributed by atoms with van der Waals surface area (Å²) in [6, 6.07) is 0. The highest BCUT2D eigenvalue weighted by molar-refractivity contribution is 5.72. The molecular formula is C8H13N5O3. The van der Waals surface area contributed by atoms with E-state index in [4.69, 9.17) is 9.84 Å². The molecule has 0 aromatic carbocycles. The van der Waals surface area contributed by atoms with Gasteiger partial charge in [-0.1, -0.05) is 5.10 Å². The molecule has 2 rings (SSSR count). The number of ether oxygens (including phenoxy) is 1. The predicted octanol–water partition coefficient (Wildman–Crippen LogP) is -0.746. The third-order valence-corrected chi connectivity index (χ3v) is 2.49. The molecule has 1 aromatic rings. The number of aromatic nitrogens is 4. The Hall–Kier alpha value is -1.70. The minimum atomic E-state index is -0.900. The van der Waals surface area contributed by atoms with Gasteiger partial charge in [0.15, 0.2) is 6.10 Å². The second kappa shape index (κ2) is 4.44. The van der Waals surface area contributed by atoms with Crippen molar-refractivity contribution in [1.82, 2.24) is 20.2 Å². The molecule has 1 aromatic heterocycles. The Kier molecular flexibility index (Phi) is 3.00. The Morgan fingerprint density at radius 2 is 2.50 bits per heavy atom. The molecule has 1 aliphatic rings. The second-order valence-corrected chi connectivity index (χ2v) is 3.67. The molecule has 8 nitrogen and oxygen atoms in total. The highest BCUT2D eigenvalue weighted by Crippen LogP contribution is 2.19. The Morgan fingerprint density at radius 1 is 1.69 bits per heavy atom. The van der Waals surface area contributed by atoms with Gasteiger partial charge in [0.1, 0.15) is 0 Å². The monoisotopic (exact) mass is 227 g/mol. The maximum atomic E-state index is 10.7. The van der Waals surface area contributed by atoms with Gasteiger partial charge in [-0.3, -0.25) is 0 Å². The average Bonchev–Trinajstić information content (AvgIpc) is 2.83. The molecule has 0 bridgehead atoms. The third kappa shape index (κ3) is 2.27. The van der Waals surface area contributed by atoms with E-state index < -0.39 is 12.1 Å². The molecule has 8 heteroatoms. The van der Waals surface area contributed by atoms with Gasteiger partial charge in [-0.25, -0.2) is 9.48 Å². The van der Waals surface area contributed by atoms with E-state index in [2.05, 4.69) is 20.8 Å². The van der Waals surface area contributed by atoms with Crippen molar-refractivity contribution in [2.45, 2.75) is 25.0 Å². The van der Waals surface area contributed by atoms with Crippen molar-refractivity contribution in [3.05, 3.63) is 0 Å². The molecule has 16 heavy (non-hydrogen) atoms. The van der Waals surface area contributed by atoms with Crippen LogP contribution in [0.4, 0.5) is 5.95 Å². The Labute approximate surface area is 91.6 Å². The lowest BCUT2D eigenvalue weighted by Crippen LogP contribution is -2.25. The van der Waals surface area contributed by atoms with Gasteiger partial charge in [0.25, 0.3) is 0 Å². The summed E-state index contributed by atoms with van der Waals surface area (Å²) in [5.74, 6) is -0.356. The maximum Gasteiger partial charge on any atom is 0.332 e. The third-order valence-electron chi connectivity index (χ3n) is 2.49. The van der Waals surface area contributed by atoms with Crippen LogP contribution in [-0.2, 0) is 16.6 Å². The SMILES string of the molecule is Cn1nnnc1NCC1CCC(C(=O)O)O1. The van der Waals surface area contributed by atoms with Gasteiger partial charge in [0.2, 0.25) is 5.95 Å². The molecule has 2 heterocycles. The van der Waals surface area contributed by atoms with E-state index in [1.165, 1.54) is 4.68 Å². The number of carboxylic acid groups (broad SMARTS) is 1. The van der Waals surface area contributed by atoms with E-state index in [9.17, 15) is 4.79 Å². The molecule has 0 saturated carbocycles. The number of aryl methyl sites for hydroxylation is 1. The quantitative estimate of drug-likeness (QED) is 0.697. The van der Waals surface area contributed by atoms with Crippen molar-refractivity contribution in [3.63, 3.8) is 0 Å². The summed E-state index contributed by atoms with van der Waals surface area (Å²) in [4.78, 5) is 10.7. The predicted molar refractivity (Wildman–Crippen MR) is 52.8 cm³/mol. The zero-order chi connectivity index (χ0) is 11.5. The number of tetrazole rings is 1. The summed E-state index contributed by atoms with van der Waals surface area (Å²) in [5.41, 5.74) is 0. The Morgan fingerprint density at radius 3 is 3.06 bits per heavy atom.